The summed E-state index contributed by atoms with van der Waals surface area (Å²) in [6, 6.07) is 9.89. The number of rotatable bonds is 3. The van der Waals surface area contributed by atoms with E-state index in [4.69, 9.17) is 11.6 Å². The minimum absolute atomic E-state index is 0.742. The number of thioether (sulfide) groups is 1. The van der Waals surface area contributed by atoms with Crippen molar-refractivity contribution in [2.45, 2.75) is 24.5 Å². The van der Waals surface area contributed by atoms with Crippen molar-refractivity contribution in [2.75, 3.05) is 0 Å². The fraction of sp³-hybridized carbons (Fsp3) is 0.200. The minimum Gasteiger partial charge on any atom is -0.275 e. The number of imidazole rings is 1. The molecule has 2 aromatic heterocycles. The molecule has 0 fully saturated rings. The lowest BCUT2D eigenvalue weighted by Crippen LogP contribution is -1.96. The molecule has 0 bridgehead atoms. The summed E-state index contributed by atoms with van der Waals surface area (Å²) in [5, 5.41) is 0.753. The van der Waals surface area contributed by atoms with E-state index in [1.807, 2.05) is 35.6 Å². The van der Waals surface area contributed by atoms with E-state index >= 15 is 0 Å². The SMILES string of the molecule is Cc1cc(C)n2c(Br)c(CSc3ccc(Cl)cc3)nc2n1. The van der Waals surface area contributed by atoms with Crippen molar-refractivity contribution >= 4 is 45.1 Å². The molecular weight excluding hydrogens is 370 g/mol. The van der Waals surface area contributed by atoms with Crippen molar-refractivity contribution < 1.29 is 0 Å². The van der Waals surface area contributed by atoms with Gasteiger partial charge in [-0.1, -0.05) is 11.6 Å². The van der Waals surface area contributed by atoms with Crippen LogP contribution in [0.25, 0.3) is 5.78 Å². The number of benzene rings is 1. The van der Waals surface area contributed by atoms with Crippen molar-refractivity contribution in [1.82, 2.24) is 14.4 Å². The highest BCUT2D eigenvalue weighted by Gasteiger charge is 2.13. The van der Waals surface area contributed by atoms with E-state index < -0.39 is 0 Å². The number of hydrogen-bond acceptors (Lipinski definition) is 3. The Hall–Kier alpha value is -1.04. The van der Waals surface area contributed by atoms with Crippen LogP contribution in [-0.2, 0) is 5.75 Å². The predicted molar refractivity (Wildman–Crippen MR) is 91.2 cm³/mol. The van der Waals surface area contributed by atoms with Crippen LogP contribution in [0.5, 0.6) is 0 Å². The molecule has 0 aliphatic rings. The number of hydrogen-bond donors (Lipinski definition) is 0. The molecule has 0 amide bonds. The molecule has 1 aromatic carbocycles. The van der Waals surface area contributed by atoms with E-state index in [2.05, 4.69) is 38.9 Å². The Bertz CT molecular complexity index is 799. The van der Waals surface area contributed by atoms with Crippen molar-refractivity contribution in [3.8, 4) is 0 Å². The zero-order valence-electron chi connectivity index (χ0n) is 11.6. The zero-order chi connectivity index (χ0) is 15.0. The van der Waals surface area contributed by atoms with E-state index in [1.54, 1.807) is 11.8 Å². The number of nitrogens with zero attached hydrogens (tertiary/aromatic N) is 3. The van der Waals surface area contributed by atoms with Gasteiger partial charge in [-0.15, -0.1) is 11.8 Å². The van der Waals surface area contributed by atoms with Gasteiger partial charge in [-0.25, -0.2) is 9.97 Å². The van der Waals surface area contributed by atoms with Crippen LogP contribution in [0.1, 0.15) is 17.1 Å². The zero-order valence-corrected chi connectivity index (χ0v) is 14.8. The van der Waals surface area contributed by atoms with Gasteiger partial charge in [0, 0.05) is 27.1 Å². The van der Waals surface area contributed by atoms with Crippen LogP contribution in [-0.4, -0.2) is 14.4 Å². The number of aryl methyl sites for hydroxylation is 2. The van der Waals surface area contributed by atoms with Gasteiger partial charge in [0.15, 0.2) is 0 Å². The van der Waals surface area contributed by atoms with Gasteiger partial charge in [-0.2, -0.15) is 0 Å². The Morgan fingerprint density at radius 2 is 1.90 bits per heavy atom. The van der Waals surface area contributed by atoms with E-state index in [1.165, 1.54) is 4.90 Å². The molecule has 0 aliphatic heterocycles. The minimum atomic E-state index is 0.742. The van der Waals surface area contributed by atoms with Gasteiger partial charge < -0.3 is 0 Å². The third kappa shape index (κ3) is 3.10. The van der Waals surface area contributed by atoms with Crippen LogP contribution in [0.2, 0.25) is 5.02 Å². The molecule has 0 N–H and O–H groups in total. The van der Waals surface area contributed by atoms with Crippen LogP contribution in [0.3, 0.4) is 0 Å². The monoisotopic (exact) mass is 381 g/mol. The van der Waals surface area contributed by atoms with Crippen molar-refractivity contribution in [1.29, 1.82) is 0 Å². The Morgan fingerprint density at radius 3 is 2.62 bits per heavy atom. The smallest absolute Gasteiger partial charge is 0.235 e. The third-order valence-corrected chi connectivity index (χ3v) is 5.19. The van der Waals surface area contributed by atoms with Gasteiger partial charge in [0.2, 0.25) is 5.78 Å². The average molecular weight is 383 g/mol. The van der Waals surface area contributed by atoms with Gasteiger partial charge in [0.05, 0.1) is 5.69 Å². The van der Waals surface area contributed by atoms with Gasteiger partial charge in [0.25, 0.3) is 0 Å². The molecular formula is C15H13BrClN3S. The first-order valence-electron chi connectivity index (χ1n) is 6.44. The highest BCUT2D eigenvalue weighted by Crippen LogP contribution is 2.28. The second kappa shape index (κ2) is 5.99. The molecule has 3 rings (SSSR count). The largest absolute Gasteiger partial charge is 0.275 e. The maximum atomic E-state index is 5.90. The fourth-order valence-corrected chi connectivity index (χ4v) is 3.96. The quantitative estimate of drug-likeness (QED) is 0.593. The molecule has 0 saturated carbocycles. The van der Waals surface area contributed by atoms with Crippen molar-refractivity contribution in [3.63, 3.8) is 0 Å². The summed E-state index contributed by atoms with van der Waals surface area (Å²) in [7, 11) is 0. The lowest BCUT2D eigenvalue weighted by molar-refractivity contribution is 0.996. The molecule has 0 saturated heterocycles. The molecule has 0 spiro atoms. The Kier molecular flexibility index (Phi) is 4.24. The molecule has 108 valence electrons. The molecule has 6 heteroatoms. The van der Waals surface area contributed by atoms with E-state index in [9.17, 15) is 0 Å². The summed E-state index contributed by atoms with van der Waals surface area (Å²) in [6.07, 6.45) is 0. The maximum absolute atomic E-state index is 5.90. The van der Waals surface area contributed by atoms with E-state index in [0.717, 1.165) is 38.2 Å². The van der Waals surface area contributed by atoms with E-state index in [0.29, 0.717) is 0 Å². The van der Waals surface area contributed by atoms with Crippen molar-refractivity contribution in [3.05, 3.63) is 57.0 Å². The Balaban J connectivity index is 1.89. The molecule has 0 unspecified atom stereocenters. The molecule has 2 heterocycles. The molecule has 0 aliphatic carbocycles. The summed E-state index contributed by atoms with van der Waals surface area (Å²) in [4.78, 5) is 10.3. The standard InChI is InChI=1S/C15H13BrClN3S/c1-9-7-10(2)20-14(16)13(19-15(20)18-9)8-21-12-5-3-11(17)4-6-12/h3-7H,8H2,1-2H3. The lowest BCUT2D eigenvalue weighted by Gasteiger charge is -2.02. The Morgan fingerprint density at radius 1 is 1.19 bits per heavy atom. The fourth-order valence-electron chi connectivity index (χ4n) is 2.15. The number of fused-ring (bicyclic) bond motifs is 1. The highest BCUT2D eigenvalue weighted by molar-refractivity contribution is 9.10. The van der Waals surface area contributed by atoms with Gasteiger partial charge in [0.1, 0.15) is 4.60 Å². The molecule has 0 atom stereocenters. The van der Waals surface area contributed by atoms with Gasteiger partial charge in [-0.3, -0.25) is 4.40 Å². The number of aromatic nitrogens is 3. The second-order valence-electron chi connectivity index (χ2n) is 4.77. The summed E-state index contributed by atoms with van der Waals surface area (Å²) >= 11 is 11.3. The molecule has 0 radical (unpaired) electrons. The van der Waals surface area contributed by atoms with Crippen LogP contribution >= 0.6 is 39.3 Å². The predicted octanol–water partition coefficient (Wildman–Crippen LogP) is 5.05. The van der Waals surface area contributed by atoms with Crippen LogP contribution < -0.4 is 0 Å². The van der Waals surface area contributed by atoms with Crippen LogP contribution in [0, 0.1) is 13.8 Å². The normalized spacial score (nSPS) is 11.2. The maximum Gasteiger partial charge on any atom is 0.235 e. The lowest BCUT2D eigenvalue weighted by atomic mass is 10.3. The first-order valence-corrected chi connectivity index (χ1v) is 8.59. The second-order valence-corrected chi connectivity index (χ2v) is 7.00. The topological polar surface area (TPSA) is 30.2 Å². The summed E-state index contributed by atoms with van der Waals surface area (Å²) in [5.74, 6) is 1.52. The van der Waals surface area contributed by atoms with Crippen LogP contribution in [0.4, 0.5) is 0 Å². The van der Waals surface area contributed by atoms with Crippen LogP contribution in [0.15, 0.2) is 39.8 Å². The van der Waals surface area contributed by atoms with Gasteiger partial charge in [-0.05, 0) is 60.1 Å². The summed E-state index contributed by atoms with van der Waals surface area (Å²) in [6.45, 7) is 4.04. The van der Waals surface area contributed by atoms with Gasteiger partial charge >= 0.3 is 0 Å². The number of halogens is 2. The highest BCUT2D eigenvalue weighted by atomic mass is 79.9. The summed E-state index contributed by atoms with van der Waals surface area (Å²) in [5.41, 5.74) is 3.10. The average Bonchev–Trinajstić information content (AvgIpc) is 2.74. The third-order valence-electron chi connectivity index (χ3n) is 3.11. The molecule has 3 nitrogen and oxygen atoms in total. The molecule has 3 aromatic rings. The summed E-state index contributed by atoms with van der Waals surface area (Å²) < 4.78 is 3.01. The first kappa shape index (κ1) is 14.9. The van der Waals surface area contributed by atoms with Crippen molar-refractivity contribution in [2.24, 2.45) is 0 Å². The first-order chi connectivity index (χ1) is 10.0. The Labute approximate surface area is 140 Å². The molecule has 21 heavy (non-hydrogen) atoms. The van der Waals surface area contributed by atoms with E-state index in [-0.39, 0.29) is 0 Å².